The molecule has 1 aliphatic rings. The van der Waals surface area contributed by atoms with E-state index in [4.69, 9.17) is 9.84 Å². The summed E-state index contributed by atoms with van der Waals surface area (Å²) in [6.07, 6.45) is 2.17. The number of carboxylic acids is 1. The van der Waals surface area contributed by atoms with Crippen molar-refractivity contribution in [3.63, 3.8) is 0 Å². The van der Waals surface area contributed by atoms with E-state index in [1.807, 2.05) is 38.1 Å². The third-order valence-electron chi connectivity index (χ3n) is 4.58. The first kappa shape index (κ1) is 17.5. The van der Waals surface area contributed by atoms with Crippen molar-refractivity contribution in [1.82, 2.24) is 0 Å². The van der Waals surface area contributed by atoms with Gasteiger partial charge in [-0.2, -0.15) is 0 Å². The molecule has 25 heavy (non-hydrogen) atoms. The van der Waals surface area contributed by atoms with Crippen LogP contribution in [0, 0.1) is 17.7 Å². The minimum Gasteiger partial charge on any atom is -0.491 e. The summed E-state index contributed by atoms with van der Waals surface area (Å²) in [5.74, 6) is 0.431. The highest BCUT2D eigenvalue weighted by atomic mass is 19.1. The summed E-state index contributed by atoms with van der Waals surface area (Å²) in [5, 5.41) is 8.83. The van der Waals surface area contributed by atoms with Gasteiger partial charge in [0.15, 0.2) is 0 Å². The summed E-state index contributed by atoms with van der Waals surface area (Å²) < 4.78 is 19.8. The Balaban J connectivity index is 1.69. The Bertz CT molecular complexity index is 752. The summed E-state index contributed by atoms with van der Waals surface area (Å²) in [4.78, 5) is 10.7. The van der Waals surface area contributed by atoms with Gasteiger partial charge in [0.2, 0.25) is 0 Å². The average molecular weight is 342 g/mol. The van der Waals surface area contributed by atoms with Crippen molar-refractivity contribution in [2.75, 3.05) is 0 Å². The standard InChI is InChI=1S/C21H23FO3/c1-13(2)25-18-7-8-20(22)19(12-18)15-5-3-14(4-6-15)9-16-10-17(16)11-21(23)24/h3-8,12-13,16-17H,9-11H2,1-2H3,(H,23,24)/t16-,17+/m0/s1. The van der Waals surface area contributed by atoms with Crippen LogP contribution < -0.4 is 4.74 Å². The van der Waals surface area contributed by atoms with Gasteiger partial charge in [0.25, 0.3) is 0 Å². The lowest BCUT2D eigenvalue weighted by Crippen LogP contribution is -2.05. The van der Waals surface area contributed by atoms with Crippen molar-refractivity contribution >= 4 is 5.97 Å². The molecule has 0 spiro atoms. The van der Waals surface area contributed by atoms with Gasteiger partial charge in [-0.3, -0.25) is 4.79 Å². The Labute approximate surface area is 147 Å². The van der Waals surface area contributed by atoms with Gasteiger partial charge in [-0.1, -0.05) is 24.3 Å². The fourth-order valence-corrected chi connectivity index (χ4v) is 3.23. The van der Waals surface area contributed by atoms with Crippen molar-refractivity contribution in [2.45, 2.75) is 39.2 Å². The molecule has 0 saturated heterocycles. The Hall–Kier alpha value is -2.36. The highest BCUT2D eigenvalue weighted by molar-refractivity contribution is 5.67. The lowest BCUT2D eigenvalue weighted by atomic mass is 10.0. The fraction of sp³-hybridized carbons (Fsp3) is 0.381. The molecular weight excluding hydrogens is 319 g/mol. The quantitative estimate of drug-likeness (QED) is 0.776. The minimum absolute atomic E-state index is 0.0398. The molecule has 2 aromatic carbocycles. The lowest BCUT2D eigenvalue weighted by molar-refractivity contribution is -0.137. The molecule has 2 atom stereocenters. The van der Waals surface area contributed by atoms with Gasteiger partial charge < -0.3 is 9.84 Å². The molecule has 1 saturated carbocycles. The lowest BCUT2D eigenvalue weighted by Gasteiger charge is -2.12. The first-order valence-electron chi connectivity index (χ1n) is 8.69. The van der Waals surface area contributed by atoms with Gasteiger partial charge in [-0.15, -0.1) is 0 Å². The zero-order chi connectivity index (χ0) is 18.0. The van der Waals surface area contributed by atoms with Gasteiger partial charge >= 0.3 is 5.97 Å². The molecular formula is C21H23FO3. The van der Waals surface area contributed by atoms with E-state index < -0.39 is 5.97 Å². The van der Waals surface area contributed by atoms with E-state index in [9.17, 15) is 9.18 Å². The van der Waals surface area contributed by atoms with E-state index in [-0.39, 0.29) is 18.3 Å². The van der Waals surface area contributed by atoms with Crippen molar-refractivity contribution < 1.29 is 19.0 Å². The number of rotatable bonds is 7. The van der Waals surface area contributed by atoms with Crippen molar-refractivity contribution in [2.24, 2.45) is 11.8 Å². The van der Waals surface area contributed by atoms with E-state index in [0.717, 1.165) is 24.0 Å². The van der Waals surface area contributed by atoms with Crippen LogP contribution in [0.2, 0.25) is 0 Å². The Morgan fingerprint density at radius 2 is 1.92 bits per heavy atom. The van der Waals surface area contributed by atoms with Crippen LogP contribution in [-0.4, -0.2) is 17.2 Å². The summed E-state index contributed by atoms with van der Waals surface area (Å²) in [5.41, 5.74) is 2.50. The fourth-order valence-electron chi connectivity index (χ4n) is 3.23. The van der Waals surface area contributed by atoms with Crippen LogP contribution in [0.4, 0.5) is 4.39 Å². The Morgan fingerprint density at radius 3 is 2.56 bits per heavy atom. The molecule has 3 nitrogen and oxygen atoms in total. The molecule has 0 aliphatic heterocycles. The normalized spacial score (nSPS) is 19.0. The monoisotopic (exact) mass is 342 g/mol. The van der Waals surface area contributed by atoms with Gasteiger partial charge in [0, 0.05) is 12.0 Å². The van der Waals surface area contributed by atoms with Crippen molar-refractivity contribution in [1.29, 1.82) is 0 Å². The molecule has 0 bridgehead atoms. The molecule has 1 N–H and O–H groups in total. The molecule has 0 aromatic heterocycles. The predicted octanol–water partition coefficient (Wildman–Crippen LogP) is 4.93. The maximum absolute atomic E-state index is 14.2. The van der Waals surface area contributed by atoms with Crippen LogP contribution in [0.5, 0.6) is 5.75 Å². The molecule has 4 heteroatoms. The number of hydrogen-bond donors (Lipinski definition) is 1. The second-order valence-electron chi connectivity index (χ2n) is 7.06. The zero-order valence-electron chi connectivity index (χ0n) is 14.5. The SMILES string of the molecule is CC(C)Oc1ccc(F)c(-c2ccc(C[C@H]3C[C@@H]3CC(=O)O)cc2)c1. The van der Waals surface area contributed by atoms with Crippen LogP contribution in [-0.2, 0) is 11.2 Å². The van der Waals surface area contributed by atoms with Gasteiger partial charge in [-0.25, -0.2) is 4.39 Å². The van der Waals surface area contributed by atoms with Gasteiger partial charge in [-0.05, 0) is 67.9 Å². The number of halogens is 1. The number of benzene rings is 2. The number of carboxylic acid groups (broad SMARTS) is 1. The van der Waals surface area contributed by atoms with Crippen LogP contribution in [0.25, 0.3) is 11.1 Å². The molecule has 3 rings (SSSR count). The topological polar surface area (TPSA) is 46.5 Å². The number of hydrogen-bond acceptors (Lipinski definition) is 2. The summed E-state index contributed by atoms with van der Waals surface area (Å²) >= 11 is 0. The average Bonchev–Trinajstić information content (AvgIpc) is 3.26. The number of ether oxygens (including phenoxy) is 1. The highest BCUT2D eigenvalue weighted by Gasteiger charge is 2.38. The predicted molar refractivity (Wildman–Crippen MR) is 95.2 cm³/mol. The highest BCUT2D eigenvalue weighted by Crippen LogP contribution is 2.43. The molecule has 1 aliphatic carbocycles. The molecule has 1 fully saturated rings. The maximum Gasteiger partial charge on any atom is 0.303 e. The van der Waals surface area contributed by atoms with E-state index in [0.29, 0.717) is 23.1 Å². The van der Waals surface area contributed by atoms with Crippen LogP contribution in [0.3, 0.4) is 0 Å². The molecule has 0 radical (unpaired) electrons. The van der Waals surface area contributed by atoms with E-state index >= 15 is 0 Å². The van der Waals surface area contributed by atoms with Crippen molar-refractivity contribution in [3.05, 3.63) is 53.8 Å². The van der Waals surface area contributed by atoms with E-state index in [1.165, 1.54) is 6.07 Å². The smallest absolute Gasteiger partial charge is 0.303 e. The molecule has 0 amide bonds. The molecule has 132 valence electrons. The molecule has 0 unspecified atom stereocenters. The van der Waals surface area contributed by atoms with Gasteiger partial charge in [0.1, 0.15) is 11.6 Å². The second-order valence-corrected chi connectivity index (χ2v) is 7.06. The zero-order valence-corrected chi connectivity index (χ0v) is 14.5. The van der Waals surface area contributed by atoms with E-state index in [1.54, 1.807) is 12.1 Å². The van der Waals surface area contributed by atoms with E-state index in [2.05, 4.69) is 0 Å². The maximum atomic E-state index is 14.2. The minimum atomic E-state index is -0.721. The van der Waals surface area contributed by atoms with Crippen LogP contribution in [0.1, 0.15) is 32.3 Å². The molecule has 2 aromatic rings. The first-order valence-corrected chi connectivity index (χ1v) is 8.69. The number of carbonyl (C=O) groups is 1. The molecule has 0 heterocycles. The first-order chi connectivity index (χ1) is 11.9. The Morgan fingerprint density at radius 1 is 1.20 bits per heavy atom. The van der Waals surface area contributed by atoms with Gasteiger partial charge in [0.05, 0.1) is 6.10 Å². The third kappa shape index (κ3) is 4.59. The largest absolute Gasteiger partial charge is 0.491 e. The summed E-state index contributed by atoms with van der Waals surface area (Å²) in [6, 6.07) is 12.6. The summed E-state index contributed by atoms with van der Waals surface area (Å²) in [7, 11) is 0. The summed E-state index contributed by atoms with van der Waals surface area (Å²) in [6.45, 7) is 3.88. The Kier molecular flexibility index (Phi) is 5.07. The van der Waals surface area contributed by atoms with Crippen LogP contribution >= 0.6 is 0 Å². The second kappa shape index (κ2) is 7.26. The van der Waals surface area contributed by atoms with Crippen molar-refractivity contribution in [3.8, 4) is 16.9 Å². The van der Waals surface area contributed by atoms with Crippen LogP contribution in [0.15, 0.2) is 42.5 Å². The third-order valence-corrected chi connectivity index (χ3v) is 4.58. The number of aliphatic carboxylic acids is 1.